The third-order valence-corrected chi connectivity index (χ3v) is 1.94. The summed E-state index contributed by atoms with van der Waals surface area (Å²) in [5, 5.41) is 9.18. The van der Waals surface area contributed by atoms with E-state index in [1.165, 1.54) is 6.42 Å². The molecule has 3 heteroatoms. The molecule has 1 fully saturated rings. The van der Waals surface area contributed by atoms with E-state index in [0.717, 1.165) is 25.7 Å². The number of aliphatic hydroxyl groups excluding tert-OH is 1. The molecule has 0 aromatic carbocycles. The van der Waals surface area contributed by atoms with Crippen LogP contribution in [0, 0.1) is 0 Å². The Kier molecular flexibility index (Phi) is 5.04. The van der Waals surface area contributed by atoms with Crippen molar-refractivity contribution in [3.05, 3.63) is 0 Å². The van der Waals surface area contributed by atoms with Crippen LogP contribution in [0.3, 0.4) is 0 Å². The highest BCUT2D eigenvalue weighted by atomic mass is 35.5. The van der Waals surface area contributed by atoms with Gasteiger partial charge in [-0.1, -0.05) is 12.8 Å². The van der Waals surface area contributed by atoms with E-state index in [2.05, 4.69) is 0 Å². The number of aliphatic hydroxyl groups is 1. The summed E-state index contributed by atoms with van der Waals surface area (Å²) in [7, 11) is 0. The molecule has 0 radical (unpaired) electrons. The molecule has 1 saturated carbocycles. The van der Waals surface area contributed by atoms with Crippen molar-refractivity contribution in [3.63, 3.8) is 0 Å². The molecule has 2 nitrogen and oxygen atoms in total. The van der Waals surface area contributed by atoms with E-state index >= 15 is 0 Å². The Labute approximate surface area is 68.2 Å². The average molecular weight is 166 g/mol. The van der Waals surface area contributed by atoms with Crippen LogP contribution in [0.25, 0.3) is 0 Å². The van der Waals surface area contributed by atoms with Crippen LogP contribution in [0.4, 0.5) is 0 Å². The van der Waals surface area contributed by atoms with Crippen LogP contribution in [0.2, 0.25) is 0 Å². The Bertz CT molecular complexity index is 79.7. The number of nitrogens with two attached hydrogens (primary N) is 1. The van der Waals surface area contributed by atoms with E-state index in [1.807, 2.05) is 0 Å². The molecular formula is C7H16ClNO. The van der Waals surface area contributed by atoms with Gasteiger partial charge in [0.25, 0.3) is 0 Å². The summed E-state index contributed by atoms with van der Waals surface area (Å²) in [5.74, 6) is 0. The van der Waals surface area contributed by atoms with Crippen molar-refractivity contribution < 1.29 is 5.11 Å². The van der Waals surface area contributed by atoms with Gasteiger partial charge >= 0.3 is 0 Å². The molecule has 1 aliphatic carbocycles. The van der Waals surface area contributed by atoms with Crippen molar-refractivity contribution in [2.75, 3.05) is 0 Å². The highest BCUT2D eigenvalue weighted by Gasteiger charge is 2.13. The fourth-order valence-corrected chi connectivity index (χ4v) is 1.37. The summed E-state index contributed by atoms with van der Waals surface area (Å²) in [5.41, 5.74) is 5.67. The van der Waals surface area contributed by atoms with Gasteiger partial charge in [0.15, 0.2) is 0 Å². The van der Waals surface area contributed by atoms with E-state index in [-0.39, 0.29) is 24.6 Å². The maximum Gasteiger partial charge on any atom is 0.0555 e. The van der Waals surface area contributed by atoms with E-state index in [1.54, 1.807) is 0 Å². The van der Waals surface area contributed by atoms with Crippen molar-refractivity contribution in [1.82, 2.24) is 0 Å². The van der Waals surface area contributed by atoms with Crippen LogP contribution in [0.1, 0.15) is 32.1 Å². The summed E-state index contributed by atoms with van der Waals surface area (Å²) in [4.78, 5) is 0. The van der Waals surface area contributed by atoms with Gasteiger partial charge in [-0.2, -0.15) is 0 Å². The molecule has 3 N–H and O–H groups in total. The highest BCUT2D eigenvalue weighted by Crippen LogP contribution is 2.15. The molecule has 1 aliphatic rings. The second-order valence-corrected chi connectivity index (χ2v) is 2.93. The number of rotatable bonds is 0. The van der Waals surface area contributed by atoms with E-state index in [0.29, 0.717) is 0 Å². The first kappa shape index (κ1) is 10.2. The number of hydrogen-bond donors (Lipinski definition) is 2. The molecule has 0 amide bonds. The minimum atomic E-state index is -0.123. The zero-order chi connectivity index (χ0) is 6.69. The second-order valence-electron chi connectivity index (χ2n) is 2.93. The Morgan fingerprint density at radius 2 is 1.80 bits per heavy atom. The van der Waals surface area contributed by atoms with Gasteiger partial charge in [0, 0.05) is 6.04 Å². The Balaban J connectivity index is 0.000000810. The monoisotopic (exact) mass is 165 g/mol. The zero-order valence-corrected chi connectivity index (χ0v) is 6.94. The molecule has 2 atom stereocenters. The lowest BCUT2D eigenvalue weighted by molar-refractivity contribution is 0.152. The first-order chi connectivity index (χ1) is 4.29. The predicted molar refractivity (Wildman–Crippen MR) is 44.3 cm³/mol. The average Bonchev–Trinajstić information content (AvgIpc) is 1.93. The predicted octanol–water partition coefficient (Wildman–Crippen LogP) is 1.06. The van der Waals surface area contributed by atoms with E-state index in [9.17, 15) is 5.11 Å². The molecule has 0 unspecified atom stereocenters. The molecule has 0 aromatic heterocycles. The van der Waals surface area contributed by atoms with Crippen LogP contribution in [0.15, 0.2) is 0 Å². The van der Waals surface area contributed by atoms with Crippen LogP contribution in [-0.2, 0) is 0 Å². The molecule has 0 heterocycles. The van der Waals surface area contributed by atoms with Gasteiger partial charge < -0.3 is 10.8 Å². The van der Waals surface area contributed by atoms with Crippen molar-refractivity contribution >= 4 is 12.4 Å². The quantitative estimate of drug-likeness (QED) is 0.528. The third kappa shape index (κ3) is 3.40. The van der Waals surface area contributed by atoms with Crippen molar-refractivity contribution in [2.24, 2.45) is 5.73 Å². The minimum Gasteiger partial charge on any atom is -0.393 e. The third-order valence-electron chi connectivity index (χ3n) is 1.94. The highest BCUT2D eigenvalue weighted by molar-refractivity contribution is 5.85. The molecule has 0 spiro atoms. The SMILES string of the molecule is Cl.N[C@H]1CCCC[C@@H](O)C1. The molecular weight excluding hydrogens is 150 g/mol. The van der Waals surface area contributed by atoms with Gasteiger partial charge in [-0.15, -0.1) is 12.4 Å². The van der Waals surface area contributed by atoms with Crippen LogP contribution in [-0.4, -0.2) is 17.3 Å². The fourth-order valence-electron chi connectivity index (χ4n) is 1.37. The van der Waals surface area contributed by atoms with Gasteiger partial charge in [0.2, 0.25) is 0 Å². The molecule has 62 valence electrons. The topological polar surface area (TPSA) is 46.2 Å². The van der Waals surface area contributed by atoms with Crippen LogP contribution in [0.5, 0.6) is 0 Å². The maximum atomic E-state index is 9.18. The van der Waals surface area contributed by atoms with Crippen molar-refractivity contribution in [3.8, 4) is 0 Å². The zero-order valence-electron chi connectivity index (χ0n) is 6.12. The lowest BCUT2D eigenvalue weighted by Gasteiger charge is -2.09. The van der Waals surface area contributed by atoms with Crippen molar-refractivity contribution in [2.45, 2.75) is 44.2 Å². The first-order valence-corrected chi connectivity index (χ1v) is 3.72. The smallest absolute Gasteiger partial charge is 0.0555 e. The van der Waals surface area contributed by atoms with Gasteiger partial charge in [-0.3, -0.25) is 0 Å². The molecule has 0 aromatic rings. The molecule has 10 heavy (non-hydrogen) atoms. The first-order valence-electron chi connectivity index (χ1n) is 3.72. The molecule has 1 rings (SSSR count). The van der Waals surface area contributed by atoms with E-state index < -0.39 is 0 Å². The summed E-state index contributed by atoms with van der Waals surface area (Å²) in [6, 6.07) is 0.252. The van der Waals surface area contributed by atoms with Gasteiger partial charge in [-0.25, -0.2) is 0 Å². The van der Waals surface area contributed by atoms with Crippen LogP contribution >= 0.6 is 12.4 Å². The molecule has 0 aliphatic heterocycles. The Morgan fingerprint density at radius 1 is 1.20 bits per heavy atom. The Hall–Kier alpha value is 0.210. The molecule has 0 saturated heterocycles. The summed E-state index contributed by atoms with van der Waals surface area (Å²) < 4.78 is 0. The van der Waals surface area contributed by atoms with Gasteiger partial charge in [0.05, 0.1) is 6.10 Å². The van der Waals surface area contributed by atoms with Crippen molar-refractivity contribution in [1.29, 1.82) is 0 Å². The Morgan fingerprint density at radius 3 is 2.50 bits per heavy atom. The standard InChI is InChI=1S/C7H15NO.ClH/c8-6-3-1-2-4-7(9)5-6;/h6-7,9H,1-5,8H2;1H/t6-,7+;/m0./s1. The largest absolute Gasteiger partial charge is 0.393 e. The van der Waals surface area contributed by atoms with E-state index in [4.69, 9.17) is 5.73 Å². The normalized spacial score (nSPS) is 34.2. The van der Waals surface area contributed by atoms with Crippen LogP contribution < -0.4 is 5.73 Å². The number of halogens is 1. The lowest BCUT2D eigenvalue weighted by atomic mass is 10.1. The number of hydrogen-bond acceptors (Lipinski definition) is 2. The van der Waals surface area contributed by atoms with Gasteiger partial charge in [0.1, 0.15) is 0 Å². The summed E-state index contributed by atoms with van der Waals surface area (Å²) >= 11 is 0. The maximum absolute atomic E-state index is 9.18. The van der Waals surface area contributed by atoms with Gasteiger partial charge in [-0.05, 0) is 19.3 Å². The molecule has 0 bridgehead atoms. The lowest BCUT2D eigenvalue weighted by Crippen LogP contribution is -2.23. The summed E-state index contributed by atoms with van der Waals surface area (Å²) in [6.45, 7) is 0. The second kappa shape index (κ2) is 4.94. The fraction of sp³-hybridized carbons (Fsp3) is 1.00. The minimum absolute atomic E-state index is 0. The summed E-state index contributed by atoms with van der Waals surface area (Å²) in [6.07, 6.45) is 5.07.